The summed E-state index contributed by atoms with van der Waals surface area (Å²) in [6.07, 6.45) is 1.54. The Morgan fingerprint density at radius 3 is 2.65 bits per heavy atom. The van der Waals surface area contributed by atoms with Crippen molar-refractivity contribution >= 4 is 33.6 Å². The maximum absolute atomic E-state index is 12.2. The largest absolute Gasteiger partial charge is 0.494 e. The first-order valence-electron chi connectivity index (χ1n) is 7.04. The minimum Gasteiger partial charge on any atom is -0.494 e. The van der Waals surface area contributed by atoms with Gasteiger partial charge in [-0.2, -0.15) is 5.26 Å². The summed E-state index contributed by atoms with van der Waals surface area (Å²) in [6, 6.07) is 16.3. The van der Waals surface area contributed by atoms with Crippen LogP contribution in [0.15, 0.2) is 58.6 Å². The molecule has 0 unspecified atom stereocenters. The van der Waals surface area contributed by atoms with Crippen LogP contribution in [-0.4, -0.2) is 12.5 Å². The van der Waals surface area contributed by atoms with Crippen LogP contribution in [0.5, 0.6) is 5.75 Å². The average Bonchev–Trinajstić information content (AvgIpc) is 2.54. The van der Waals surface area contributed by atoms with Crippen molar-refractivity contribution < 1.29 is 9.53 Å². The number of benzene rings is 2. The van der Waals surface area contributed by atoms with Gasteiger partial charge < -0.3 is 10.1 Å². The Morgan fingerprint density at radius 1 is 1.30 bits per heavy atom. The number of nitrogens with zero attached hydrogens (tertiary/aromatic N) is 1. The summed E-state index contributed by atoms with van der Waals surface area (Å²) in [7, 11) is 0. The first-order chi connectivity index (χ1) is 11.1. The van der Waals surface area contributed by atoms with E-state index in [1.54, 1.807) is 42.5 Å². The second kappa shape index (κ2) is 8.16. The molecule has 0 saturated heterocycles. The first kappa shape index (κ1) is 16.8. The normalized spacial score (nSPS) is 10.7. The van der Waals surface area contributed by atoms with E-state index >= 15 is 0 Å². The van der Waals surface area contributed by atoms with Crippen LogP contribution in [-0.2, 0) is 4.79 Å². The molecule has 0 aliphatic heterocycles. The molecule has 0 aliphatic rings. The van der Waals surface area contributed by atoms with Crippen molar-refractivity contribution in [2.75, 3.05) is 11.9 Å². The highest BCUT2D eigenvalue weighted by Gasteiger charge is 2.09. The Balaban J connectivity index is 2.14. The lowest BCUT2D eigenvalue weighted by atomic mass is 10.1. The number of amides is 1. The molecular formula is C18H15BrN2O2. The molecule has 1 amide bonds. The van der Waals surface area contributed by atoms with Crippen LogP contribution >= 0.6 is 15.9 Å². The highest BCUT2D eigenvalue weighted by atomic mass is 79.9. The fraction of sp³-hybridized carbons (Fsp3) is 0.111. The summed E-state index contributed by atoms with van der Waals surface area (Å²) in [6.45, 7) is 2.50. The number of halogens is 1. The van der Waals surface area contributed by atoms with Crippen molar-refractivity contribution in [3.05, 3.63) is 64.1 Å². The summed E-state index contributed by atoms with van der Waals surface area (Å²) >= 11 is 3.34. The molecule has 116 valence electrons. The molecule has 0 bridgehead atoms. The van der Waals surface area contributed by atoms with Crippen molar-refractivity contribution in [2.45, 2.75) is 6.92 Å². The fourth-order valence-electron chi connectivity index (χ4n) is 1.91. The Kier molecular flexibility index (Phi) is 5.95. The summed E-state index contributed by atoms with van der Waals surface area (Å²) in [4.78, 5) is 12.2. The van der Waals surface area contributed by atoms with Crippen molar-refractivity contribution in [1.82, 2.24) is 0 Å². The number of carbonyl (C=O) groups excluding carboxylic acids is 1. The molecule has 23 heavy (non-hydrogen) atoms. The predicted molar refractivity (Wildman–Crippen MR) is 94.0 cm³/mol. The lowest BCUT2D eigenvalue weighted by molar-refractivity contribution is -0.112. The SMILES string of the molecule is CCOc1ccc(C=C(C#N)C(=O)Nc2cccc(Br)c2)cc1. The minimum absolute atomic E-state index is 0.0362. The van der Waals surface area contributed by atoms with Gasteiger partial charge in [-0.25, -0.2) is 0 Å². The van der Waals surface area contributed by atoms with E-state index in [1.807, 2.05) is 25.1 Å². The third kappa shape index (κ3) is 4.97. The van der Waals surface area contributed by atoms with Crippen LogP contribution in [0.25, 0.3) is 6.08 Å². The van der Waals surface area contributed by atoms with E-state index in [-0.39, 0.29) is 5.57 Å². The summed E-state index contributed by atoms with van der Waals surface area (Å²) in [5, 5.41) is 11.9. The molecule has 0 atom stereocenters. The van der Waals surface area contributed by atoms with E-state index < -0.39 is 5.91 Å². The maximum Gasteiger partial charge on any atom is 0.266 e. The van der Waals surface area contributed by atoms with Gasteiger partial charge in [-0.05, 0) is 48.9 Å². The number of carbonyl (C=O) groups is 1. The van der Waals surface area contributed by atoms with Gasteiger partial charge >= 0.3 is 0 Å². The Hall–Kier alpha value is -2.58. The average molecular weight is 371 g/mol. The van der Waals surface area contributed by atoms with Crippen molar-refractivity contribution in [3.8, 4) is 11.8 Å². The van der Waals surface area contributed by atoms with E-state index in [9.17, 15) is 10.1 Å². The number of ether oxygens (including phenoxy) is 1. The first-order valence-corrected chi connectivity index (χ1v) is 7.83. The standard InChI is InChI=1S/C18H15BrN2O2/c1-2-23-17-8-6-13(7-9-17)10-14(12-20)18(22)21-16-5-3-4-15(19)11-16/h3-11H,2H2,1H3,(H,21,22). The van der Waals surface area contributed by atoms with Crippen LogP contribution in [0.4, 0.5) is 5.69 Å². The molecule has 0 spiro atoms. The zero-order valence-electron chi connectivity index (χ0n) is 12.5. The molecule has 0 fully saturated rings. The summed E-state index contributed by atoms with van der Waals surface area (Å²) in [5.74, 6) is 0.307. The summed E-state index contributed by atoms with van der Waals surface area (Å²) in [5.41, 5.74) is 1.42. The van der Waals surface area contributed by atoms with Gasteiger partial charge in [-0.3, -0.25) is 4.79 Å². The smallest absolute Gasteiger partial charge is 0.266 e. The zero-order valence-corrected chi connectivity index (χ0v) is 14.1. The molecule has 0 aliphatic carbocycles. The van der Waals surface area contributed by atoms with Gasteiger partial charge in [-0.15, -0.1) is 0 Å². The van der Waals surface area contributed by atoms with E-state index in [2.05, 4.69) is 21.2 Å². The number of rotatable bonds is 5. The molecule has 0 aromatic heterocycles. The van der Waals surface area contributed by atoms with Crippen molar-refractivity contribution in [1.29, 1.82) is 5.26 Å². The highest BCUT2D eigenvalue weighted by Crippen LogP contribution is 2.18. The van der Waals surface area contributed by atoms with Gasteiger partial charge in [0.1, 0.15) is 17.4 Å². The van der Waals surface area contributed by atoms with E-state index in [0.717, 1.165) is 15.8 Å². The lowest BCUT2D eigenvalue weighted by Gasteiger charge is -2.05. The second-order valence-electron chi connectivity index (χ2n) is 4.64. The van der Waals surface area contributed by atoms with E-state index in [0.29, 0.717) is 12.3 Å². The van der Waals surface area contributed by atoms with Gasteiger partial charge in [0, 0.05) is 10.2 Å². The number of hydrogen-bond acceptors (Lipinski definition) is 3. The van der Waals surface area contributed by atoms with Crippen LogP contribution < -0.4 is 10.1 Å². The van der Waals surface area contributed by atoms with Crippen LogP contribution in [0, 0.1) is 11.3 Å². The molecule has 0 saturated carbocycles. The molecule has 0 radical (unpaired) electrons. The Bertz CT molecular complexity index is 761. The van der Waals surface area contributed by atoms with Crippen molar-refractivity contribution in [3.63, 3.8) is 0 Å². The number of hydrogen-bond donors (Lipinski definition) is 1. The summed E-state index contributed by atoms with van der Waals surface area (Å²) < 4.78 is 6.21. The Morgan fingerprint density at radius 2 is 2.04 bits per heavy atom. The van der Waals surface area contributed by atoms with Gasteiger partial charge in [0.25, 0.3) is 5.91 Å². The van der Waals surface area contributed by atoms with Gasteiger partial charge in [0.05, 0.1) is 6.61 Å². The maximum atomic E-state index is 12.2. The molecule has 2 aromatic rings. The molecule has 0 heterocycles. The monoisotopic (exact) mass is 370 g/mol. The number of anilines is 1. The third-order valence-corrected chi connectivity index (χ3v) is 3.44. The fourth-order valence-corrected chi connectivity index (χ4v) is 2.31. The quantitative estimate of drug-likeness (QED) is 0.626. The molecule has 4 nitrogen and oxygen atoms in total. The van der Waals surface area contributed by atoms with Crippen LogP contribution in [0.2, 0.25) is 0 Å². The van der Waals surface area contributed by atoms with Gasteiger partial charge in [-0.1, -0.05) is 34.1 Å². The highest BCUT2D eigenvalue weighted by molar-refractivity contribution is 9.10. The number of nitrogens with one attached hydrogen (secondary N) is 1. The molecule has 2 rings (SSSR count). The molecule has 1 N–H and O–H groups in total. The Labute approximate surface area is 143 Å². The molecule has 5 heteroatoms. The zero-order chi connectivity index (χ0) is 16.7. The molecular weight excluding hydrogens is 356 g/mol. The van der Waals surface area contributed by atoms with Crippen LogP contribution in [0.1, 0.15) is 12.5 Å². The minimum atomic E-state index is -0.445. The van der Waals surface area contributed by atoms with Gasteiger partial charge in [0.15, 0.2) is 0 Å². The van der Waals surface area contributed by atoms with E-state index in [4.69, 9.17) is 4.74 Å². The number of nitriles is 1. The predicted octanol–water partition coefficient (Wildman–Crippen LogP) is 4.39. The van der Waals surface area contributed by atoms with Gasteiger partial charge in [0.2, 0.25) is 0 Å². The van der Waals surface area contributed by atoms with Crippen LogP contribution in [0.3, 0.4) is 0 Å². The third-order valence-electron chi connectivity index (χ3n) is 2.95. The second-order valence-corrected chi connectivity index (χ2v) is 5.55. The topological polar surface area (TPSA) is 62.1 Å². The van der Waals surface area contributed by atoms with Crippen molar-refractivity contribution in [2.24, 2.45) is 0 Å². The lowest BCUT2D eigenvalue weighted by Crippen LogP contribution is -2.13. The molecule has 2 aromatic carbocycles. The van der Waals surface area contributed by atoms with E-state index in [1.165, 1.54) is 0 Å².